The number of hydrogen-bond donors (Lipinski definition) is 1. The SMILES string of the molecule is O=Cc1cc(C2CCC(=O)NC2=O)n2nccc2c1. The maximum atomic E-state index is 11.9. The van der Waals surface area contributed by atoms with E-state index in [1.54, 1.807) is 28.9 Å². The number of imide groups is 1. The number of amides is 2. The molecule has 2 aromatic rings. The molecule has 19 heavy (non-hydrogen) atoms. The van der Waals surface area contributed by atoms with E-state index in [-0.39, 0.29) is 11.8 Å². The Labute approximate surface area is 108 Å². The van der Waals surface area contributed by atoms with Crippen molar-refractivity contribution in [2.24, 2.45) is 0 Å². The Hall–Kier alpha value is -2.50. The molecule has 3 heterocycles. The number of rotatable bonds is 2. The fraction of sp³-hybridized carbons (Fsp3) is 0.231. The van der Waals surface area contributed by atoms with Gasteiger partial charge in [-0.2, -0.15) is 5.10 Å². The lowest BCUT2D eigenvalue weighted by atomic mass is 9.93. The van der Waals surface area contributed by atoms with E-state index >= 15 is 0 Å². The molecular formula is C13H11N3O3. The summed E-state index contributed by atoms with van der Waals surface area (Å²) in [4.78, 5) is 34.0. The van der Waals surface area contributed by atoms with Crippen molar-refractivity contribution in [1.29, 1.82) is 0 Å². The molecule has 0 spiro atoms. The second-order valence-electron chi connectivity index (χ2n) is 4.50. The maximum Gasteiger partial charge on any atom is 0.235 e. The number of carbonyl (C=O) groups is 3. The molecule has 2 amide bonds. The summed E-state index contributed by atoms with van der Waals surface area (Å²) in [6, 6.07) is 5.12. The number of aromatic nitrogens is 2. The first-order valence-corrected chi connectivity index (χ1v) is 5.95. The van der Waals surface area contributed by atoms with Crippen LogP contribution in [0.2, 0.25) is 0 Å². The minimum absolute atomic E-state index is 0.260. The summed E-state index contributed by atoms with van der Waals surface area (Å²) in [7, 11) is 0. The Morgan fingerprint density at radius 3 is 2.95 bits per heavy atom. The third kappa shape index (κ3) is 1.91. The van der Waals surface area contributed by atoms with E-state index in [1.807, 2.05) is 0 Å². The Balaban J connectivity index is 2.13. The van der Waals surface area contributed by atoms with Gasteiger partial charge in [-0.15, -0.1) is 0 Å². The van der Waals surface area contributed by atoms with Crippen LogP contribution in [0.5, 0.6) is 0 Å². The smallest absolute Gasteiger partial charge is 0.235 e. The molecule has 0 bridgehead atoms. The quantitative estimate of drug-likeness (QED) is 0.633. The molecule has 0 radical (unpaired) electrons. The van der Waals surface area contributed by atoms with Gasteiger partial charge in [-0.25, -0.2) is 4.52 Å². The van der Waals surface area contributed by atoms with Crippen molar-refractivity contribution in [2.45, 2.75) is 18.8 Å². The largest absolute Gasteiger partial charge is 0.298 e. The van der Waals surface area contributed by atoms with Crippen LogP contribution < -0.4 is 5.32 Å². The van der Waals surface area contributed by atoms with Gasteiger partial charge in [0.05, 0.1) is 17.1 Å². The molecule has 1 unspecified atom stereocenters. The molecule has 1 aliphatic rings. The number of aldehydes is 1. The fourth-order valence-corrected chi connectivity index (χ4v) is 2.37. The van der Waals surface area contributed by atoms with E-state index in [0.717, 1.165) is 11.8 Å². The lowest BCUT2D eigenvalue weighted by Gasteiger charge is -2.21. The van der Waals surface area contributed by atoms with Crippen molar-refractivity contribution in [3.8, 4) is 0 Å². The zero-order valence-electron chi connectivity index (χ0n) is 10.00. The topological polar surface area (TPSA) is 80.5 Å². The van der Waals surface area contributed by atoms with E-state index in [9.17, 15) is 14.4 Å². The van der Waals surface area contributed by atoms with E-state index in [2.05, 4.69) is 10.4 Å². The van der Waals surface area contributed by atoms with Crippen LogP contribution in [0, 0.1) is 0 Å². The molecule has 0 saturated carbocycles. The Morgan fingerprint density at radius 2 is 2.21 bits per heavy atom. The average Bonchev–Trinajstić information content (AvgIpc) is 2.86. The lowest BCUT2D eigenvalue weighted by molar-refractivity contribution is -0.134. The van der Waals surface area contributed by atoms with Crippen LogP contribution in [0.3, 0.4) is 0 Å². The molecular weight excluding hydrogens is 246 g/mol. The van der Waals surface area contributed by atoms with Crippen molar-refractivity contribution in [3.05, 3.63) is 35.7 Å². The summed E-state index contributed by atoms with van der Waals surface area (Å²) >= 11 is 0. The molecule has 1 aliphatic heterocycles. The highest BCUT2D eigenvalue weighted by molar-refractivity contribution is 6.01. The van der Waals surface area contributed by atoms with Gasteiger partial charge in [0.25, 0.3) is 0 Å². The molecule has 2 aromatic heterocycles. The number of fused-ring (bicyclic) bond motifs is 1. The second-order valence-corrected chi connectivity index (χ2v) is 4.50. The first-order valence-electron chi connectivity index (χ1n) is 5.95. The van der Waals surface area contributed by atoms with Gasteiger partial charge in [0.15, 0.2) is 0 Å². The van der Waals surface area contributed by atoms with Gasteiger partial charge in [0.1, 0.15) is 6.29 Å². The molecule has 0 aliphatic carbocycles. The van der Waals surface area contributed by atoms with Crippen molar-refractivity contribution < 1.29 is 14.4 Å². The van der Waals surface area contributed by atoms with Crippen LogP contribution in [0.15, 0.2) is 24.4 Å². The summed E-state index contributed by atoms with van der Waals surface area (Å²) in [6.07, 6.45) is 3.08. The molecule has 1 atom stereocenters. The summed E-state index contributed by atoms with van der Waals surface area (Å²) in [5, 5.41) is 6.47. The van der Waals surface area contributed by atoms with Crippen LogP contribution in [0.4, 0.5) is 0 Å². The van der Waals surface area contributed by atoms with Crippen molar-refractivity contribution in [2.75, 3.05) is 0 Å². The lowest BCUT2D eigenvalue weighted by Crippen LogP contribution is -2.40. The number of pyridine rings is 1. The van der Waals surface area contributed by atoms with Crippen LogP contribution >= 0.6 is 0 Å². The van der Waals surface area contributed by atoms with E-state index in [4.69, 9.17) is 0 Å². The monoisotopic (exact) mass is 257 g/mol. The molecule has 1 saturated heterocycles. The van der Waals surface area contributed by atoms with Gasteiger partial charge in [-0.3, -0.25) is 19.7 Å². The predicted octanol–water partition coefficient (Wildman–Crippen LogP) is 0.667. The summed E-state index contributed by atoms with van der Waals surface area (Å²) in [5.74, 6) is -1.05. The molecule has 96 valence electrons. The summed E-state index contributed by atoms with van der Waals surface area (Å²) < 4.78 is 1.63. The van der Waals surface area contributed by atoms with Crippen molar-refractivity contribution in [1.82, 2.24) is 14.9 Å². The molecule has 1 fully saturated rings. The van der Waals surface area contributed by atoms with E-state index in [0.29, 0.717) is 24.1 Å². The zero-order valence-corrected chi connectivity index (χ0v) is 10.00. The maximum absolute atomic E-state index is 11.9. The first kappa shape index (κ1) is 11.6. The third-order valence-corrected chi connectivity index (χ3v) is 3.28. The normalized spacial score (nSPS) is 19.5. The van der Waals surface area contributed by atoms with E-state index < -0.39 is 5.92 Å². The minimum atomic E-state index is -0.458. The number of nitrogens with one attached hydrogen (secondary N) is 1. The van der Waals surface area contributed by atoms with Gasteiger partial charge in [0, 0.05) is 18.2 Å². The Kier molecular flexibility index (Phi) is 2.63. The predicted molar refractivity (Wildman–Crippen MR) is 65.7 cm³/mol. The van der Waals surface area contributed by atoms with Gasteiger partial charge >= 0.3 is 0 Å². The molecule has 6 heteroatoms. The second kappa shape index (κ2) is 4.31. The Morgan fingerprint density at radius 1 is 1.37 bits per heavy atom. The molecule has 0 aromatic carbocycles. The van der Waals surface area contributed by atoms with Crippen LogP contribution in [-0.4, -0.2) is 27.7 Å². The van der Waals surface area contributed by atoms with Gasteiger partial charge < -0.3 is 0 Å². The minimum Gasteiger partial charge on any atom is -0.298 e. The third-order valence-electron chi connectivity index (χ3n) is 3.28. The number of piperidine rings is 1. The Bertz CT molecular complexity index is 689. The first-order chi connectivity index (χ1) is 9.19. The summed E-state index contributed by atoms with van der Waals surface area (Å²) in [6.45, 7) is 0. The highest BCUT2D eigenvalue weighted by atomic mass is 16.2. The van der Waals surface area contributed by atoms with Crippen molar-refractivity contribution in [3.63, 3.8) is 0 Å². The van der Waals surface area contributed by atoms with Crippen molar-refractivity contribution >= 4 is 23.6 Å². The number of nitrogens with zero attached hydrogens (tertiary/aromatic N) is 2. The highest BCUT2D eigenvalue weighted by Crippen LogP contribution is 2.26. The van der Waals surface area contributed by atoms with Crippen LogP contribution in [0.1, 0.15) is 34.8 Å². The number of carbonyl (C=O) groups excluding carboxylic acids is 3. The summed E-state index contributed by atoms with van der Waals surface area (Å²) in [5.41, 5.74) is 1.88. The molecule has 6 nitrogen and oxygen atoms in total. The standard InChI is InChI=1S/C13H11N3O3/c17-7-8-5-9-3-4-14-16(9)11(6-8)10-1-2-12(18)15-13(10)19/h3-7,10H,1-2H2,(H,15,18,19). The zero-order chi connectivity index (χ0) is 13.4. The van der Waals surface area contributed by atoms with Crippen LogP contribution in [0.25, 0.3) is 5.52 Å². The highest BCUT2D eigenvalue weighted by Gasteiger charge is 2.30. The van der Waals surface area contributed by atoms with Gasteiger partial charge in [-0.1, -0.05) is 0 Å². The van der Waals surface area contributed by atoms with E-state index in [1.165, 1.54) is 0 Å². The van der Waals surface area contributed by atoms with Gasteiger partial charge in [-0.05, 0) is 24.6 Å². The molecule has 3 rings (SSSR count). The number of hydrogen-bond acceptors (Lipinski definition) is 4. The molecule has 1 N–H and O–H groups in total. The fourth-order valence-electron chi connectivity index (χ4n) is 2.37. The van der Waals surface area contributed by atoms with Crippen LogP contribution in [-0.2, 0) is 9.59 Å². The van der Waals surface area contributed by atoms with Gasteiger partial charge in [0.2, 0.25) is 11.8 Å². The average molecular weight is 257 g/mol.